The Morgan fingerprint density at radius 1 is 1.14 bits per heavy atom. The van der Waals surface area contributed by atoms with Gasteiger partial charge >= 0.3 is 12.1 Å². The molecule has 1 saturated heterocycles. The van der Waals surface area contributed by atoms with Crippen LogP contribution in [0.1, 0.15) is 10.5 Å². The van der Waals surface area contributed by atoms with Crippen LogP contribution in [0.4, 0.5) is 22.0 Å². The second-order valence-electron chi connectivity index (χ2n) is 7.66. The van der Waals surface area contributed by atoms with Crippen molar-refractivity contribution >= 4 is 29.1 Å². The lowest BCUT2D eigenvalue weighted by atomic mass is 10.1. The van der Waals surface area contributed by atoms with Crippen LogP contribution in [0.3, 0.4) is 0 Å². The lowest BCUT2D eigenvalue weighted by molar-refractivity contribution is -0.323. The molecule has 0 bridgehead atoms. The van der Waals surface area contributed by atoms with Gasteiger partial charge in [0.15, 0.2) is 23.1 Å². The van der Waals surface area contributed by atoms with Crippen molar-refractivity contribution < 1.29 is 29.6 Å². The van der Waals surface area contributed by atoms with E-state index in [1.54, 1.807) is 37.6 Å². The number of amides is 3. The number of benzene rings is 1. The number of nitrogens with zero attached hydrogens (tertiary/aromatic N) is 7. The van der Waals surface area contributed by atoms with Gasteiger partial charge in [0, 0.05) is 33.3 Å². The molecule has 0 radical (unpaired) electrons. The van der Waals surface area contributed by atoms with Gasteiger partial charge in [-0.05, 0) is 12.1 Å². The molecule has 0 aliphatic carbocycles. The zero-order valence-electron chi connectivity index (χ0n) is 19.0. The Kier molecular flexibility index (Phi) is 6.21. The van der Waals surface area contributed by atoms with Crippen molar-refractivity contribution in [1.29, 1.82) is 0 Å². The number of ether oxygens (including phenoxy) is 1. The van der Waals surface area contributed by atoms with Gasteiger partial charge in [-0.1, -0.05) is 6.07 Å². The molecule has 1 aromatic carbocycles. The fraction of sp³-hybridized carbons (Fsp3) is 0.300. The van der Waals surface area contributed by atoms with Crippen LogP contribution < -0.4 is 20.3 Å². The van der Waals surface area contributed by atoms with E-state index >= 15 is 0 Å². The van der Waals surface area contributed by atoms with Crippen LogP contribution in [0.2, 0.25) is 0 Å². The summed E-state index contributed by atoms with van der Waals surface area (Å²) in [6.45, 7) is 0.826. The number of aromatic nitrogens is 5. The molecule has 0 unspecified atom stereocenters. The van der Waals surface area contributed by atoms with Gasteiger partial charge in [-0.15, -0.1) is 10.2 Å². The number of aliphatic hydroxyl groups is 3. The minimum absolute atomic E-state index is 0.0449. The smallest absolute Gasteiger partial charge is 0.369 e. The monoisotopic (exact) mass is 485 g/mol. The molecule has 4 rings (SSSR count). The zero-order valence-corrected chi connectivity index (χ0v) is 19.0. The van der Waals surface area contributed by atoms with Crippen molar-refractivity contribution in [1.82, 2.24) is 35.2 Å². The Morgan fingerprint density at radius 2 is 1.91 bits per heavy atom. The average Bonchev–Trinajstić information content (AvgIpc) is 3.37. The van der Waals surface area contributed by atoms with Crippen molar-refractivity contribution in [2.24, 2.45) is 7.05 Å². The predicted octanol–water partition coefficient (Wildman–Crippen LogP) is -0.786. The molecular formula is C20H23N9O6. The lowest BCUT2D eigenvalue weighted by Gasteiger charge is -2.20. The van der Waals surface area contributed by atoms with Gasteiger partial charge < -0.3 is 30.3 Å². The summed E-state index contributed by atoms with van der Waals surface area (Å²) in [5.41, 5.74) is 0.601. The number of hydrogen-bond acceptors (Lipinski definition) is 11. The largest absolute Gasteiger partial charge is 0.494 e. The van der Waals surface area contributed by atoms with Crippen molar-refractivity contribution in [3.8, 4) is 17.1 Å². The molecule has 184 valence electrons. The molecule has 3 amide bonds. The van der Waals surface area contributed by atoms with Crippen LogP contribution in [0, 0.1) is 0 Å². The summed E-state index contributed by atoms with van der Waals surface area (Å²) in [5.74, 6) is -0.245. The van der Waals surface area contributed by atoms with Crippen LogP contribution >= 0.6 is 0 Å². The van der Waals surface area contributed by atoms with Crippen LogP contribution in [-0.2, 0) is 7.05 Å². The minimum atomic E-state index is -3.48. The maximum absolute atomic E-state index is 12.6. The van der Waals surface area contributed by atoms with E-state index in [0.717, 1.165) is 0 Å². The summed E-state index contributed by atoms with van der Waals surface area (Å²) >= 11 is 0. The number of hydrogen-bond donors (Lipinski definition) is 5. The van der Waals surface area contributed by atoms with Gasteiger partial charge in [0.2, 0.25) is 0 Å². The zero-order chi connectivity index (χ0) is 25.3. The predicted molar refractivity (Wildman–Crippen MR) is 121 cm³/mol. The molecule has 35 heavy (non-hydrogen) atoms. The molecule has 3 aromatic rings. The third kappa shape index (κ3) is 4.96. The third-order valence-corrected chi connectivity index (χ3v) is 5.10. The first-order valence-electron chi connectivity index (χ1n) is 10.3. The number of methoxy groups -OCH3 is 1. The first-order chi connectivity index (χ1) is 16.6. The molecule has 0 saturated carbocycles. The summed E-state index contributed by atoms with van der Waals surface area (Å²) in [6.07, 6.45) is -1.95. The van der Waals surface area contributed by atoms with Crippen LogP contribution in [-0.4, -0.2) is 90.5 Å². The van der Waals surface area contributed by atoms with E-state index in [1.807, 2.05) is 0 Å². The van der Waals surface area contributed by atoms with Crippen LogP contribution in [0.5, 0.6) is 5.75 Å². The highest BCUT2D eigenvalue weighted by atomic mass is 16.7. The molecular weight excluding hydrogens is 462 g/mol. The van der Waals surface area contributed by atoms with Gasteiger partial charge in [-0.2, -0.15) is 5.10 Å². The Bertz CT molecular complexity index is 1270. The highest BCUT2D eigenvalue weighted by Crippen LogP contribution is 2.37. The van der Waals surface area contributed by atoms with E-state index in [4.69, 9.17) is 4.74 Å². The van der Waals surface area contributed by atoms with Crippen LogP contribution in [0.25, 0.3) is 11.4 Å². The number of rotatable bonds is 7. The van der Waals surface area contributed by atoms with Gasteiger partial charge in [0.05, 0.1) is 24.0 Å². The Morgan fingerprint density at radius 3 is 2.51 bits per heavy atom. The van der Waals surface area contributed by atoms with Crippen LogP contribution in [0.15, 0.2) is 30.6 Å². The van der Waals surface area contributed by atoms with Crippen molar-refractivity contribution in [2.45, 2.75) is 6.10 Å². The van der Waals surface area contributed by atoms with Gasteiger partial charge in [0.25, 0.3) is 5.91 Å². The van der Waals surface area contributed by atoms with E-state index in [1.165, 1.54) is 34.0 Å². The minimum Gasteiger partial charge on any atom is -0.494 e. The quantitative estimate of drug-likeness (QED) is 0.264. The molecule has 15 nitrogen and oxygen atoms in total. The maximum Gasteiger partial charge on any atom is 0.369 e. The number of nitrogens with one attached hydrogen (secondary N) is 2. The highest BCUT2D eigenvalue weighted by molar-refractivity contribution is 6.00. The lowest BCUT2D eigenvalue weighted by Crippen LogP contribution is -2.48. The Labute approximate surface area is 198 Å². The summed E-state index contributed by atoms with van der Waals surface area (Å²) in [7, 11) is 4.82. The Hall–Kier alpha value is -4.34. The van der Waals surface area contributed by atoms with Gasteiger partial charge in [-0.25, -0.2) is 9.78 Å². The third-order valence-electron chi connectivity index (χ3n) is 5.10. The Balaban J connectivity index is 1.78. The number of carbonyl (C=O) groups excluding carboxylic acids is 2. The highest BCUT2D eigenvalue weighted by Gasteiger charge is 2.31. The number of likely N-dealkylation sites (N-methyl/N-ethyl adjacent to an activating group) is 1. The van der Waals surface area contributed by atoms with E-state index in [0.29, 0.717) is 35.9 Å². The van der Waals surface area contributed by atoms with Crippen molar-refractivity contribution in [2.75, 3.05) is 37.5 Å². The fourth-order valence-electron chi connectivity index (χ4n) is 3.49. The summed E-state index contributed by atoms with van der Waals surface area (Å²) < 4.78 is 7.11. The maximum atomic E-state index is 12.6. The normalized spacial score (nSPS) is 13.8. The molecule has 5 N–H and O–H groups in total. The second kappa shape index (κ2) is 9.13. The van der Waals surface area contributed by atoms with E-state index in [9.17, 15) is 24.9 Å². The van der Waals surface area contributed by atoms with Gasteiger partial charge in [0.1, 0.15) is 6.33 Å². The number of para-hydroxylation sites is 1. The molecule has 3 heterocycles. The number of carbonyl (C=O) groups is 2. The molecule has 1 aliphatic heterocycles. The van der Waals surface area contributed by atoms with Crippen molar-refractivity contribution in [3.05, 3.63) is 36.3 Å². The number of aryl methyl sites for hydroxylation is 1. The number of urea groups is 1. The molecule has 2 aromatic heterocycles. The summed E-state index contributed by atoms with van der Waals surface area (Å²) in [4.78, 5) is 32.1. The van der Waals surface area contributed by atoms with E-state index in [-0.39, 0.29) is 17.5 Å². The van der Waals surface area contributed by atoms with Crippen molar-refractivity contribution in [3.63, 3.8) is 0 Å². The average molecular weight is 485 g/mol. The first kappa shape index (κ1) is 23.8. The molecule has 15 heteroatoms. The second-order valence-corrected chi connectivity index (χ2v) is 7.66. The standard InChI is InChI=1S/C20H23N9O6/c1-27-7-8-29(19(27)31)14-9-13(15(25-24-14)18(30)23-20(32,33)34)22-12-6-4-5-11(16(12)35-3)17-21-10-28(2)26-17/h4-6,9-10,32-34H,7-8H2,1-3H3,(H,22,24)(H,23,30). The SMILES string of the molecule is COc1c(Nc2cc(N3CCN(C)C3=O)nnc2C(=O)NC(O)(O)O)cccc1-c1ncn(C)n1. The molecule has 1 fully saturated rings. The molecule has 1 aliphatic rings. The van der Waals surface area contributed by atoms with E-state index < -0.39 is 17.7 Å². The summed E-state index contributed by atoms with van der Waals surface area (Å²) in [6, 6.07) is 6.22. The molecule has 0 spiro atoms. The van der Waals surface area contributed by atoms with E-state index in [2.05, 4.69) is 25.6 Å². The summed E-state index contributed by atoms with van der Waals surface area (Å²) in [5, 5.41) is 44.2. The van der Waals surface area contributed by atoms with Gasteiger partial charge in [-0.3, -0.25) is 19.7 Å². The topological polar surface area (TPSA) is 191 Å². The first-order valence-corrected chi connectivity index (χ1v) is 10.3. The fourth-order valence-corrected chi connectivity index (χ4v) is 3.49. The molecule has 0 atom stereocenters. The number of anilines is 3.